The molecular formula is C20H28Cl2N2O3. The second kappa shape index (κ2) is 9.46. The van der Waals surface area contributed by atoms with Gasteiger partial charge >= 0.3 is 5.97 Å². The molecule has 7 heteroatoms. The normalized spacial score (nSPS) is 25.4. The van der Waals surface area contributed by atoms with E-state index in [1.807, 2.05) is 6.07 Å². The molecule has 0 radical (unpaired) electrons. The maximum absolute atomic E-state index is 10.9. The lowest BCUT2D eigenvalue weighted by atomic mass is 9.90. The number of benzene rings is 1. The van der Waals surface area contributed by atoms with Crippen LogP contribution < -0.4 is 4.74 Å². The van der Waals surface area contributed by atoms with Gasteiger partial charge < -0.3 is 14.7 Å². The average Bonchev–Trinajstić information content (AvgIpc) is 2.61. The summed E-state index contributed by atoms with van der Waals surface area (Å²) in [5.74, 6) is 0.621. The van der Waals surface area contributed by atoms with Crippen LogP contribution in [0.3, 0.4) is 0 Å². The molecular weight excluding hydrogens is 387 g/mol. The van der Waals surface area contributed by atoms with Crippen molar-refractivity contribution in [1.29, 1.82) is 0 Å². The van der Waals surface area contributed by atoms with Gasteiger partial charge in [-0.05, 0) is 63.3 Å². The predicted octanol–water partition coefficient (Wildman–Crippen LogP) is 4.02. The molecule has 1 N–H and O–H groups in total. The monoisotopic (exact) mass is 414 g/mol. The number of rotatable bonds is 6. The molecule has 2 unspecified atom stereocenters. The van der Waals surface area contributed by atoms with Crippen molar-refractivity contribution < 1.29 is 14.6 Å². The molecule has 2 fully saturated rings. The third-order valence-electron chi connectivity index (χ3n) is 5.70. The van der Waals surface area contributed by atoms with E-state index in [0.29, 0.717) is 27.8 Å². The number of hydrogen-bond donors (Lipinski definition) is 1. The van der Waals surface area contributed by atoms with Crippen LogP contribution in [0.5, 0.6) is 5.75 Å². The molecule has 0 amide bonds. The van der Waals surface area contributed by atoms with Crippen molar-refractivity contribution in [1.82, 2.24) is 9.80 Å². The number of nitrogens with zero attached hydrogens (tertiary/aromatic N) is 2. The highest BCUT2D eigenvalue weighted by atomic mass is 35.5. The molecule has 0 aromatic heterocycles. The minimum Gasteiger partial charge on any atom is -0.489 e. The number of aliphatic carboxylic acids is 1. The fraction of sp³-hybridized carbons (Fsp3) is 0.650. The van der Waals surface area contributed by atoms with Gasteiger partial charge in [0.2, 0.25) is 0 Å². The van der Waals surface area contributed by atoms with E-state index in [1.54, 1.807) is 12.1 Å². The third kappa shape index (κ3) is 5.98. The summed E-state index contributed by atoms with van der Waals surface area (Å²) in [6.45, 7) is 6.33. The van der Waals surface area contributed by atoms with Crippen LogP contribution in [0.2, 0.25) is 10.0 Å². The SMILES string of the molecule is CC1CC(CN2CCC(Oc3ccc(Cl)cc3Cl)CC2)CCN1CC(=O)O. The van der Waals surface area contributed by atoms with Gasteiger partial charge in [0.05, 0.1) is 11.6 Å². The molecule has 2 heterocycles. The first kappa shape index (κ1) is 20.7. The Morgan fingerprint density at radius 3 is 2.59 bits per heavy atom. The molecule has 2 saturated heterocycles. The van der Waals surface area contributed by atoms with Crippen LogP contribution in [0.25, 0.3) is 0 Å². The summed E-state index contributed by atoms with van der Waals surface area (Å²) in [4.78, 5) is 15.5. The molecule has 2 aliphatic heterocycles. The van der Waals surface area contributed by atoms with E-state index < -0.39 is 5.97 Å². The molecule has 0 aliphatic carbocycles. The van der Waals surface area contributed by atoms with Crippen molar-refractivity contribution in [3.05, 3.63) is 28.2 Å². The van der Waals surface area contributed by atoms with E-state index >= 15 is 0 Å². The van der Waals surface area contributed by atoms with Gasteiger partial charge in [-0.3, -0.25) is 9.69 Å². The standard InChI is InChI=1S/C20H28Cl2N2O3/c1-14-10-15(4-9-24(14)13-20(25)26)12-23-7-5-17(6-8-23)27-19-3-2-16(21)11-18(19)22/h2-3,11,14-15,17H,4-10,12-13H2,1H3,(H,25,26). The predicted molar refractivity (Wildman–Crippen MR) is 108 cm³/mol. The molecule has 0 spiro atoms. The molecule has 0 saturated carbocycles. The molecule has 5 nitrogen and oxygen atoms in total. The van der Waals surface area contributed by atoms with E-state index in [2.05, 4.69) is 16.7 Å². The van der Waals surface area contributed by atoms with Crippen LogP contribution in [0.15, 0.2) is 18.2 Å². The molecule has 2 atom stereocenters. The van der Waals surface area contributed by atoms with Gasteiger partial charge in [-0.25, -0.2) is 0 Å². The second-order valence-corrected chi connectivity index (χ2v) is 8.64. The van der Waals surface area contributed by atoms with Crippen molar-refractivity contribution >= 4 is 29.2 Å². The molecule has 27 heavy (non-hydrogen) atoms. The Labute approximate surface area is 171 Å². The van der Waals surface area contributed by atoms with E-state index in [9.17, 15) is 4.79 Å². The van der Waals surface area contributed by atoms with Gasteiger partial charge in [0.25, 0.3) is 0 Å². The van der Waals surface area contributed by atoms with Crippen LogP contribution >= 0.6 is 23.2 Å². The highest BCUT2D eigenvalue weighted by molar-refractivity contribution is 6.35. The Bertz CT molecular complexity index is 650. The third-order valence-corrected chi connectivity index (χ3v) is 6.23. The first-order chi connectivity index (χ1) is 12.9. The summed E-state index contributed by atoms with van der Waals surface area (Å²) in [5.41, 5.74) is 0. The number of carboxylic acids is 1. The lowest BCUT2D eigenvalue weighted by Gasteiger charge is -2.40. The Morgan fingerprint density at radius 1 is 1.22 bits per heavy atom. The minimum atomic E-state index is -0.733. The summed E-state index contributed by atoms with van der Waals surface area (Å²) < 4.78 is 6.07. The molecule has 2 aliphatic rings. The number of likely N-dealkylation sites (tertiary alicyclic amines) is 2. The van der Waals surface area contributed by atoms with Crippen molar-refractivity contribution in [2.45, 2.75) is 44.8 Å². The number of carboxylic acid groups (broad SMARTS) is 1. The summed E-state index contributed by atoms with van der Waals surface area (Å²) in [7, 11) is 0. The maximum atomic E-state index is 10.9. The first-order valence-electron chi connectivity index (χ1n) is 9.70. The van der Waals surface area contributed by atoms with E-state index in [1.165, 1.54) is 0 Å². The number of piperidine rings is 2. The van der Waals surface area contributed by atoms with Crippen molar-refractivity contribution in [3.8, 4) is 5.75 Å². The second-order valence-electron chi connectivity index (χ2n) is 7.80. The lowest BCUT2D eigenvalue weighted by molar-refractivity contribution is -0.139. The van der Waals surface area contributed by atoms with Crippen LogP contribution in [-0.2, 0) is 4.79 Å². The zero-order chi connectivity index (χ0) is 19.4. The van der Waals surface area contributed by atoms with E-state index in [-0.39, 0.29) is 12.6 Å². The van der Waals surface area contributed by atoms with Crippen LogP contribution in [0.4, 0.5) is 0 Å². The van der Waals surface area contributed by atoms with Gasteiger partial charge in [0.1, 0.15) is 11.9 Å². The van der Waals surface area contributed by atoms with Crippen LogP contribution in [0.1, 0.15) is 32.6 Å². The summed E-state index contributed by atoms with van der Waals surface area (Å²) in [6.07, 6.45) is 4.33. The Kier molecular flexibility index (Phi) is 7.26. The summed E-state index contributed by atoms with van der Waals surface area (Å²) >= 11 is 12.1. The van der Waals surface area contributed by atoms with Crippen molar-refractivity contribution in [3.63, 3.8) is 0 Å². The van der Waals surface area contributed by atoms with E-state index in [0.717, 1.165) is 51.9 Å². The first-order valence-corrected chi connectivity index (χ1v) is 10.5. The van der Waals surface area contributed by atoms with E-state index in [4.69, 9.17) is 33.0 Å². The largest absolute Gasteiger partial charge is 0.489 e. The number of carbonyl (C=O) groups is 1. The Morgan fingerprint density at radius 2 is 1.96 bits per heavy atom. The van der Waals surface area contributed by atoms with Crippen LogP contribution in [-0.4, -0.2) is 65.7 Å². The van der Waals surface area contributed by atoms with Crippen molar-refractivity contribution in [2.75, 3.05) is 32.7 Å². The maximum Gasteiger partial charge on any atom is 0.317 e. The quantitative estimate of drug-likeness (QED) is 0.761. The molecule has 0 bridgehead atoms. The van der Waals surface area contributed by atoms with Gasteiger partial charge in [0, 0.05) is 30.7 Å². The van der Waals surface area contributed by atoms with Crippen LogP contribution in [0, 0.1) is 5.92 Å². The summed E-state index contributed by atoms with van der Waals surface area (Å²) in [5, 5.41) is 10.2. The topological polar surface area (TPSA) is 53.0 Å². The average molecular weight is 415 g/mol. The highest BCUT2D eigenvalue weighted by Crippen LogP contribution is 2.30. The molecule has 1 aromatic rings. The van der Waals surface area contributed by atoms with Gasteiger partial charge in [-0.1, -0.05) is 23.2 Å². The van der Waals surface area contributed by atoms with Crippen molar-refractivity contribution in [2.24, 2.45) is 5.92 Å². The lowest BCUT2D eigenvalue weighted by Crippen LogP contribution is -2.47. The smallest absolute Gasteiger partial charge is 0.317 e. The fourth-order valence-electron chi connectivity index (χ4n) is 4.22. The zero-order valence-electron chi connectivity index (χ0n) is 15.7. The zero-order valence-corrected chi connectivity index (χ0v) is 17.3. The number of ether oxygens (including phenoxy) is 1. The van der Waals surface area contributed by atoms with Gasteiger partial charge in [0.15, 0.2) is 0 Å². The molecule has 150 valence electrons. The van der Waals surface area contributed by atoms with Gasteiger partial charge in [-0.2, -0.15) is 0 Å². The highest BCUT2D eigenvalue weighted by Gasteiger charge is 2.29. The Hall–Kier alpha value is -1.01. The fourth-order valence-corrected chi connectivity index (χ4v) is 4.67. The number of halogens is 2. The van der Waals surface area contributed by atoms with Gasteiger partial charge in [-0.15, -0.1) is 0 Å². The summed E-state index contributed by atoms with van der Waals surface area (Å²) in [6, 6.07) is 5.69. The Balaban J connectivity index is 1.41. The minimum absolute atomic E-state index is 0.157. The molecule has 3 rings (SSSR count). The number of hydrogen-bond acceptors (Lipinski definition) is 4. The molecule has 1 aromatic carbocycles.